The van der Waals surface area contributed by atoms with E-state index in [1.54, 1.807) is 13.1 Å². The molecule has 3 N–H and O–H groups in total. The Kier molecular flexibility index (Phi) is 5.36. The lowest BCUT2D eigenvalue weighted by Gasteiger charge is -2.23. The first-order valence-electron chi connectivity index (χ1n) is 7.18. The van der Waals surface area contributed by atoms with Crippen LogP contribution in [-0.4, -0.2) is 43.1 Å². The largest absolute Gasteiger partial charge is 0.489 e. The first-order valence-corrected chi connectivity index (χ1v) is 7.18. The Hall–Kier alpha value is -1.85. The quantitative estimate of drug-likeness (QED) is 0.764. The van der Waals surface area contributed by atoms with Gasteiger partial charge in [0.25, 0.3) is 0 Å². The van der Waals surface area contributed by atoms with Crippen molar-refractivity contribution < 1.29 is 9.53 Å². The van der Waals surface area contributed by atoms with Gasteiger partial charge in [-0.1, -0.05) is 30.9 Å². The molecule has 1 fully saturated rings. The van der Waals surface area contributed by atoms with Gasteiger partial charge >= 0.3 is 0 Å². The highest BCUT2D eigenvalue weighted by atomic mass is 16.5. The molecule has 1 aromatic carbocycles. The molecule has 1 aliphatic rings. The second-order valence-corrected chi connectivity index (χ2v) is 5.26. The van der Waals surface area contributed by atoms with Crippen LogP contribution in [0.2, 0.25) is 0 Å². The van der Waals surface area contributed by atoms with Crippen LogP contribution in [0.4, 0.5) is 0 Å². The van der Waals surface area contributed by atoms with Gasteiger partial charge in [-0.05, 0) is 12.5 Å². The molecular weight excluding hydrogens is 266 g/mol. The van der Waals surface area contributed by atoms with Gasteiger partial charge in [0.1, 0.15) is 12.4 Å². The Bertz CT molecular complexity index is 504. The lowest BCUT2D eigenvalue weighted by atomic mass is 10.1. The molecule has 5 nitrogen and oxygen atoms in total. The van der Waals surface area contributed by atoms with Crippen LogP contribution in [0, 0.1) is 0 Å². The summed E-state index contributed by atoms with van der Waals surface area (Å²) in [6, 6.07) is 7.73. The van der Waals surface area contributed by atoms with E-state index >= 15 is 0 Å². The van der Waals surface area contributed by atoms with Crippen LogP contribution in [0.25, 0.3) is 0 Å². The molecule has 2 atom stereocenters. The zero-order valence-electron chi connectivity index (χ0n) is 12.4. The van der Waals surface area contributed by atoms with Crippen molar-refractivity contribution >= 4 is 5.91 Å². The van der Waals surface area contributed by atoms with E-state index in [-0.39, 0.29) is 18.0 Å². The molecule has 0 unspecified atom stereocenters. The molecule has 21 heavy (non-hydrogen) atoms. The van der Waals surface area contributed by atoms with Crippen molar-refractivity contribution in [3.63, 3.8) is 0 Å². The monoisotopic (exact) mass is 289 g/mol. The summed E-state index contributed by atoms with van der Waals surface area (Å²) in [6.07, 6.45) is 2.41. The molecule has 1 saturated heterocycles. The lowest BCUT2D eigenvalue weighted by molar-refractivity contribution is -0.125. The molecule has 1 amide bonds. The van der Waals surface area contributed by atoms with Crippen molar-refractivity contribution in [1.82, 2.24) is 10.2 Å². The van der Waals surface area contributed by atoms with E-state index in [4.69, 9.17) is 10.5 Å². The summed E-state index contributed by atoms with van der Waals surface area (Å²) in [4.78, 5) is 14.1. The van der Waals surface area contributed by atoms with Gasteiger partial charge in [-0.15, -0.1) is 0 Å². The van der Waals surface area contributed by atoms with Crippen LogP contribution in [-0.2, 0) is 11.3 Å². The topological polar surface area (TPSA) is 67.6 Å². The van der Waals surface area contributed by atoms with E-state index in [9.17, 15) is 4.79 Å². The number of nitrogens with two attached hydrogens (primary N) is 1. The van der Waals surface area contributed by atoms with Gasteiger partial charge in [-0.2, -0.15) is 0 Å². The Morgan fingerprint density at radius 2 is 2.33 bits per heavy atom. The van der Waals surface area contributed by atoms with E-state index in [0.717, 1.165) is 11.3 Å². The number of nitrogens with one attached hydrogen (secondary N) is 1. The van der Waals surface area contributed by atoms with Crippen LogP contribution >= 0.6 is 0 Å². The summed E-state index contributed by atoms with van der Waals surface area (Å²) in [7, 11) is 1.66. The minimum Gasteiger partial charge on any atom is -0.489 e. The van der Waals surface area contributed by atoms with Gasteiger partial charge in [0.15, 0.2) is 0 Å². The van der Waals surface area contributed by atoms with Crippen LogP contribution in [0.5, 0.6) is 5.75 Å². The van der Waals surface area contributed by atoms with Crippen LogP contribution in [0.3, 0.4) is 0 Å². The summed E-state index contributed by atoms with van der Waals surface area (Å²) in [5.74, 6) is 0.848. The van der Waals surface area contributed by atoms with Crippen LogP contribution in [0.15, 0.2) is 36.9 Å². The molecular formula is C16H23N3O2. The lowest BCUT2D eigenvalue weighted by Crippen LogP contribution is -2.41. The highest BCUT2D eigenvalue weighted by Gasteiger charge is 2.34. The van der Waals surface area contributed by atoms with Gasteiger partial charge < -0.3 is 15.8 Å². The molecule has 1 heterocycles. The molecule has 1 aliphatic heterocycles. The third-order valence-electron chi connectivity index (χ3n) is 3.69. The zero-order chi connectivity index (χ0) is 15.2. The first kappa shape index (κ1) is 15.5. The van der Waals surface area contributed by atoms with E-state index in [2.05, 4.69) is 16.8 Å². The van der Waals surface area contributed by atoms with Crippen molar-refractivity contribution in [1.29, 1.82) is 0 Å². The molecule has 0 aromatic heterocycles. The van der Waals surface area contributed by atoms with Crippen LogP contribution < -0.4 is 15.8 Å². The van der Waals surface area contributed by atoms with Gasteiger partial charge in [-0.3, -0.25) is 9.69 Å². The second kappa shape index (κ2) is 7.24. The summed E-state index contributed by atoms with van der Waals surface area (Å²) >= 11 is 0. The summed E-state index contributed by atoms with van der Waals surface area (Å²) in [5.41, 5.74) is 7.07. The van der Waals surface area contributed by atoms with Crippen molar-refractivity contribution in [2.24, 2.45) is 5.73 Å². The number of likely N-dealkylation sites (N-methyl/N-ethyl adjacent to an activating group) is 1. The number of hydrogen-bond donors (Lipinski definition) is 2. The van der Waals surface area contributed by atoms with Gasteiger partial charge in [0.2, 0.25) is 5.91 Å². The van der Waals surface area contributed by atoms with Crippen molar-refractivity contribution in [3.8, 4) is 5.75 Å². The SMILES string of the molecule is C=CCOc1ccccc1CN1C[C@@H](N)C[C@H]1C(=O)NC. The minimum absolute atomic E-state index is 0.0208. The maximum absolute atomic E-state index is 12.0. The minimum atomic E-state index is -0.169. The maximum Gasteiger partial charge on any atom is 0.237 e. The van der Waals surface area contributed by atoms with Gasteiger partial charge in [0.05, 0.1) is 6.04 Å². The smallest absolute Gasteiger partial charge is 0.237 e. The highest BCUT2D eigenvalue weighted by Crippen LogP contribution is 2.25. The average Bonchev–Trinajstić information content (AvgIpc) is 2.86. The molecule has 0 bridgehead atoms. The average molecular weight is 289 g/mol. The van der Waals surface area contributed by atoms with Gasteiger partial charge in [0, 0.05) is 31.7 Å². The molecule has 114 valence electrons. The number of nitrogens with zero attached hydrogens (tertiary/aromatic N) is 1. The summed E-state index contributed by atoms with van der Waals surface area (Å²) in [6.45, 7) is 5.50. The van der Waals surface area contributed by atoms with Crippen molar-refractivity contribution in [2.45, 2.75) is 25.0 Å². The Labute approximate surface area is 125 Å². The number of rotatable bonds is 6. The highest BCUT2D eigenvalue weighted by molar-refractivity contribution is 5.81. The molecule has 2 rings (SSSR count). The predicted molar refractivity (Wildman–Crippen MR) is 83.0 cm³/mol. The Morgan fingerprint density at radius 1 is 1.57 bits per heavy atom. The normalized spacial score (nSPS) is 22.0. The number of likely N-dealkylation sites (tertiary alicyclic amines) is 1. The third kappa shape index (κ3) is 3.83. The first-order chi connectivity index (χ1) is 10.2. The van der Waals surface area contributed by atoms with E-state index in [1.807, 2.05) is 24.3 Å². The van der Waals surface area contributed by atoms with Crippen molar-refractivity contribution in [3.05, 3.63) is 42.5 Å². The van der Waals surface area contributed by atoms with E-state index in [1.165, 1.54) is 0 Å². The second-order valence-electron chi connectivity index (χ2n) is 5.26. The van der Waals surface area contributed by atoms with E-state index < -0.39 is 0 Å². The molecule has 1 aromatic rings. The predicted octanol–water partition coefficient (Wildman–Crippen LogP) is 0.899. The number of hydrogen-bond acceptors (Lipinski definition) is 4. The Balaban J connectivity index is 2.12. The summed E-state index contributed by atoms with van der Waals surface area (Å²) < 4.78 is 5.67. The number of para-hydroxylation sites is 1. The number of carbonyl (C=O) groups excluding carboxylic acids is 1. The fourth-order valence-corrected chi connectivity index (χ4v) is 2.70. The summed E-state index contributed by atoms with van der Waals surface area (Å²) in [5, 5.41) is 2.71. The molecule has 0 radical (unpaired) electrons. The molecule has 0 saturated carbocycles. The molecule has 0 spiro atoms. The van der Waals surface area contributed by atoms with Crippen LogP contribution in [0.1, 0.15) is 12.0 Å². The standard InChI is InChI=1S/C16H23N3O2/c1-3-8-21-15-7-5-4-6-12(15)10-19-11-13(17)9-14(19)16(20)18-2/h3-7,13-14H,1,8-11,17H2,2H3,(H,18,20)/t13-,14-/m0/s1. The maximum atomic E-state index is 12.0. The fourth-order valence-electron chi connectivity index (χ4n) is 2.70. The van der Waals surface area contributed by atoms with Crippen molar-refractivity contribution in [2.75, 3.05) is 20.2 Å². The number of benzene rings is 1. The third-order valence-corrected chi connectivity index (χ3v) is 3.69. The zero-order valence-corrected chi connectivity index (χ0v) is 12.4. The number of ether oxygens (including phenoxy) is 1. The number of carbonyl (C=O) groups is 1. The van der Waals surface area contributed by atoms with E-state index in [0.29, 0.717) is 26.1 Å². The van der Waals surface area contributed by atoms with Gasteiger partial charge in [-0.25, -0.2) is 0 Å². The fraction of sp³-hybridized carbons (Fsp3) is 0.438. The molecule has 0 aliphatic carbocycles. The molecule has 5 heteroatoms. The number of amides is 1. The Morgan fingerprint density at radius 3 is 3.05 bits per heavy atom.